The molecule has 2 heterocycles. The number of rotatable bonds is 3. The molecule has 13 heavy (non-hydrogen) atoms. The van der Waals surface area contributed by atoms with Crippen LogP contribution in [-0.4, -0.2) is 25.2 Å². The standard InChI is InChI=1S/C8H10N5/c1-2-7-3-10-13(5-7)6-8-4-9-12-11-8/h3-5H,1-2,6H2,(H,9,11,12). The maximum Gasteiger partial charge on any atom is 0.104 e. The molecule has 1 radical (unpaired) electrons. The molecule has 0 aromatic carbocycles. The number of H-pyrrole nitrogens is 1. The first-order chi connectivity index (χ1) is 6.38. The molecule has 0 saturated heterocycles. The summed E-state index contributed by atoms with van der Waals surface area (Å²) in [5.74, 6) is 0. The average molecular weight is 176 g/mol. The molecule has 0 aliphatic rings. The summed E-state index contributed by atoms with van der Waals surface area (Å²) in [5.41, 5.74) is 2.00. The van der Waals surface area contributed by atoms with Crippen molar-refractivity contribution >= 4 is 0 Å². The number of hydrogen-bond acceptors (Lipinski definition) is 3. The van der Waals surface area contributed by atoms with Crippen molar-refractivity contribution in [3.63, 3.8) is 0 Å². The molecule has 2 rings (SSSR count). The van der Waals surface area contributed by atoms with E-state index in [1.807, 2.05) is 17.1 Å². The Morgan fingerprint density at radius 1 is 1.54 bits per heavy atom. The van der Waals surface area contributed by atoms with Crippen LogP contribution in [-0.2, 0) is 13.0 Å². The van der Waals surface area contributed by atoms with Crippen LogP contribution in [0.25, 0.3) is 0 Å². The van der Waals surface area contributed by atoms with Gasteiger partial charge in [0.25, 0.3) is 0 Å². The van der Waals surface area contributed by atoms with Gasteiger partial charge in [0.05, 0.1) is 12.7 Å². The molecular formula is C8H10N5. The molecule has 2 aromatic rings. The lowest BCUT2D eigenvalue weighted by Crippen LogP contribution is -1.99. The van der Waals surface area contributed by atoms with E-state index in [1.165, 1.54) is 0 Å². The van der Waals surface area contributed by atoms with Gasteiger partial charge in [0.2, 0.25) is 0 Å². The van der Waals surface area contributed by atoms with Gasteiger partial charge in [-0.15, -0.1) is 5.10 Å². The fourth-order valence-corrected chi connectivity index (χ4v) is 1.09. The molecule has 0 aliphatic carbocycles. The largest absolute Gasteiger partial charge is 0.266 e. The SMILES string of the molecule is [CH2]Cc1cnn(Cc2c[nH]nn2)c1. The van der Waals surface area contributed by atoms with Gasteiger partial charge >= 0.3 is 0 Å². The minimum atomic E-state index is 0.649. The molecular weight excluding hydrogens is 166 g/mol. The van der Waals surface area contributed by atoms with Gasteiger partial charge in [-0.2, -0.15) is 5.10 Å². The minimum absolute atomic E-state index is 0.649. The van der Waals surface area contributed by atoms with E-state index < -0.39 is 0 Å². The van der Waals surface area contributed by atoms with Gasteiger partial charge < -0.3 is 0 Å². The van der Waals surface area contributed by atoms with Crippen LogP contribution in [0.2, 0.25) is 0 Å². The Balaban J connectivity index is 2.10. The van der Waals surface area contributed by atoms with Crippen LogP contribution >= 0.6 is 0 Å². The first-order valence-electron chi connectivity index (χ1n) is 4.04. The van der Waals surface area contributed by atoms with Gasteiger partial charge in [0.15, 0.2) is 0 Å². The van der Waals surface area contributed by atoms with Gasteiger partial charge in [-0.05, 0) is 18.9 Å². The molecule has 5 nitrogen and oxygen atoms in total. The van der Waals surface area contributed by atoms with E-state index in [0.29, 0.717) is 6.54 Å². The molecule has 0 saturated carbocycles. The Hall–Kier alpha value is -1.65. The molecule has 0 amide bonds. The van der Waals surface area contributed by atoms with Crippen molar-refractivity contribution in [2.24, 2.45) is 0 Å². The van der Waals surface area contributed by atoms with E-state index >= 15 is 0 Å². The van der Waals surface area contributed by atoms with Gasteiger partial charge in [-0.25, -0.2) is 0 Å². The molecule has 0 unspecified atom stereocenters. The summed E-state index contributed by atoms with van der Waals surface area (Å²) in [6.45, 7) is 4.43. The second-order valence-electron chi connectivity index (χ2n) is 2.76. The lowest BCUT2D eigenvalue weighted by atomic mass is 10.3. The molecule has 67 valence electrons. The number of hydrogen-bond donors (Lipinski definition) is 1. The Labute approximate surface area is 75.8 Å². The average Bonchev–Trinajstić information content (AvgIpc) is 2.76. The summed E-state index contributed by atoms with van der Waals surface area (Å²) in [4.78, 5) is 0. The molecule has 1 N–H and O–H groups in total. The topological polar surface area (TPSA) is 59.4 Å². The zero-order chi connectivity index (χ0) is 9.10. The van der Waals surface area contributed by atoms with E-state index in [4.69, 9.17) is 0 Å². The molecule has 0 spiro atoms. The van der Waals surface area contributed by atoms with Crippen molar-refractivity contribution in [1.29, 1.82) is 0 Å². The summed E-state index contributed by atoms with van der Waals surface area (Å²) in [6, 6.07) is 0. The highest BCUT2D eigenvalue weighted by atomic mass is 15.3. The fourth-order valence-electron chi connectivity index (χ4n) is 1.09. The Morgan fingerprint density at radius 2 is 2.46 bits per heavy atom. The van der Waals surface area contributed by atoms with Crippen molar-refractivity contribution in [3.05, 3.63) is 36.8 Å². The number of aromatic nitrogens is 5. The molecule has 5 heteroatoms. The Bertz CT molecular complexity index is 362. The van der Waals surface area contributed by atoms with Gasteiger partial charge in [-0.1, -0.05) is 5.21 Å². The highest BCUT2D eigenvalue weighted by Gasteiger charge is 1.99. The van der Waals surface area contributed by atoms with E-state index in [2.05, 4.69) is 27.4 Å². The van der Waals surface area contributed by atoms with Crippen molar-refractivity contribution < 1.29 is 0 Å². The quantitative estimate of drug-likeness (QED) is 0.737. The van der Waals surface area contributed by atoms with Crippen LogP contribution in [0.1, 0.15) is 11.3 Å². The van der Waals surface area contributed by atoms with Crippen molar-refractivity contribution in [3.8, 4) is 0 Å². The van der Waals surface area contributed by atoms with Crippen LogP contribution in [0.3, 0.4) is 0 Å². The monoisotopic (exact) mass is 176 g/mol. The zero-order valence-corrected chi connectivity index (χ0v) is 7.14. The normalized spacial score (nSPS) is 10.5. The van der Waals surface area contributed by atoms with Crippen molar-refractivity contribution in [2.75, 3.05) is 0 Å². The Morgan fingerprint density at radius 3 is 3.08 bits per heavy atom. The van der Waals surface area contributed by atoms with Crippen LogP contribution in [0, 0.1) is 6.92 Å². The second kappa shape index (κ2) is 3.38. The summed E-state index contributed by atoms with van der Waals surface area (Å²) >= 11 is 0. The van der Waals surface area contributed by atoms with Crippen LogP contribution in [0.5, 0.6) is 0 Å². The lowest BCUT2D eigenvalue weighted by molar-refractivity contribution is 0.669. The third-order valence-electron chi connectivity index (χ3n) is 1.77. The van der Waals surface area contributed by atoms with Crippen LogP contribution in [0.15, 0.2) is 18.6 Å². The minimum Gasteiger partial charge on any atom is -0.266 e. The molecule has 0 atom stereocenters. The first-order valence-corrected chi connectivity index (χ1v) is 4.04. The van der Waals surface area contributed by atoms with E-state index in [-0.39, 0.29) is 0 Å². The number of nitrogens with one attached hydrogen (secondary N) is 1. The number of aromatic amines is 1. The van der Waals surface area contributed by atoms with E-state index in [1.54, 1.807) is 6.20 Å². The van der Waals surface area contributed by atoms with Gasteiger partial charge in [0, 0.05) is 12.4 Å². The predicted molar refractivity (Wildman–Crippen MR) is 46.8 cm³/mol. The second-order valence-corrected chi connectivity index (χ2v) is 2.76. The van der Waals surface area contributed by atoms with Crippen molar-refractivity contribution in [1.82, 2.24) is 25.2 Å². The first kappa shape index (κ1) is 7.97. The maximum absolute atomic E-state index is 4.16. The third kappa shape index (κ3) is 1.74. The zero-order valence-electron chi connectivity index (χ0n) is 7.14. The number of nitrogens with zero attached hydrogens (tertiary/aromatic N) is 4. The molecule has 2 aromatic heterocycles. The summed E-state index contributed by atoms with van der Waals surface area (Å²) in [5, 5.41) is 14.3. The maximum atomic E-state index is 4.16. The summed E-state index contributed by atoms with van der Waals surface area (Å²) < 4.78 is 1.82. The third-order valence-corrected chi connectivity index (χ3v) is 1.77. The molecule has 0 bridgehead atoms. The van der Waals surface area contributed by atoms with Gasteiger partial charge in [-0.3, -0.25) is 9.78 Å². The highest BCUT2D eigenvalue weighted by molar-refractivity contribution is 5.05. The lowest BCUT2D eigenvalue weighted by Gasteiger charge is -1.94. The molecule has 0 aliphatic heterocycles. The summed E-state index contributed by atoms with van der Waals surface area (Å²) in [7, 11) is 0. The Kier molecular flexibility index (Phi) is 2.08. The van der Waals surface area contributed by atoms with E-state index in [0.717, 1.165) is 17.7 Å². The van der Waals surface area contributed by atoms with E-state index in [9.17, 15) is 0 Å². The fraction of sp³-hybridized carbons (Fsp3) is 0.250. The van der Waals surface area contributed by atoms with Gasteiger partial charge in [0.1, 0.15) is 5.69 Å². The highest BCUT2D eigenvalue weighted by Crippen LogP contribution is 2.00. The molecule has 0 fully saturated rings. The van der Waals surface area contributed by atoms with Crippen LogP contribution in [0.4, 0.5) is 0 Å². The van der Waals surface area contributed by atoms with Crippen LogP contribution < -0.4 is 0 Å². The summed E-state index contributed by atoms with van der Waals surface area (Å²) in [6.07, 6.45) is 6.29. The predicted octanol–water partition coefficient (Wildman–Crippen LogP) is 0.426. The van der Waals surface area contributed by atoms with Crippen molar-refractivity contribution in [2.45, 2.75) is 13.0 Å². The smallest absolute Gasteiger partial charge is 0.104 e.